The fourth-order valence-corrected chi connectivity index (χ4v) is 4.85. The number of fused-ring (bicyclic) bond motifs is 1. The Hall–Kier alpha value is -1.82. The molecule has 3 rings (SSSR count). The number of benzene rings is 1. The minimum absolute atomic E-state index is 0.0286. The predicted octanol–water partition coefficient (Wildman–Crippen LogP) is 2.46. The van der Waals surface area contributed by atoms with Gasteiger partial charge in [-0.15, -0.1) is 0 Å². The van der Waals surface area contributed by atoms with Crippen LogP contribution in [0.5, 0.6) is 0 Å². The molecule has 124 valence electrons. The second kappa shape index (κ2) is 6.00. The maximum absolute atomic E-state index is 12.3. The molecule has 0 radical (unpaired) electrons. The van der Waals surface area contributed by atoms with Gasteiger partial charge in [-0.25, -0.2) is 8.42 Å². The van der Waals surface area contributed by atoms with Gasteiger partial charge in [-0.2, -0.15) is 0 Å². The van der Waals surface area contributed by atoms with Crippen molar-refractivity contribution in [3.8, 4) is 0 Å². The van der Waals surface area contributed by atoms with E-state index >= 15 is 0 Å². The lowest BCUT2D eigenvalue weighted by Crippen LogP contribution is -2.30. The van der Waals surface area contributed by atoms with Crippen LogP contribution in [0.15, 0.2) is 24.3 Å². The van der Waals surface area contributed by atoms with E-state index in [2.05, 4.69) is 36.3 Å². The van der Waals surface area contributed by atoms with Gasteiger partial charge in [-0.05, 0) is 36.0 Å². The molecule has 0 spiro atoms. The quantitative estimate of drug-likeness (QED) is 0.901. The summed E-state index contributed by atoms with van der Waals surface area (Å²) >= 11 is 0. The zero-order valence-electron chi connectivity index (χ0n) is 13.4. The maximum Gasteiger partial charge on any atom is 0.267 e. The van der Waals surface area contributed by atoms with Crippen molar-refractivity contribution >= 4 is 26.6 Å². The SMILES string of the molecule is CC(C)c1ccc2cc(C(=O)NC[C@H]3CCS(=O)(=O)C3)[nH]c2c1. The van der Waals surface area contributed by atoms with Gasteiger partial charge in [-0.3, -0.25) is 4.79 Å². The molecule has 1 aliphatic heterocycles. The Morgan fingerprint density at radius 1 is 1.35 bits per heavy atom. The van der Waals surface area contributed by atoms with Gasteiger partial charge in [0, 0.05) is 17.4 Å². The number of nitrogens with one attached hydrogen (secondary N) is 2. The Bertz CT molecular complexity index is 837. The lowest BCUT2D eigenvalue weighted by molar-refractivity contribution is 0.0944. The van der Waals surface area contributed by atoms with Crippen molar-refractivity contribution in [1.82, 2.24) is 10.3 Å². The van der Waals surface area contributed by atoms with Gasteiger partial charge < -0.3 is 10.3 Å². The average Bonchev–Trinajstić information content (AvgIpc) is 3.06. The molecule has 1 amide bonds. The Kier molecular flexibility index (Phi) is 4.19. The van der Waals surface area contributed by atoms with E-state index in [1.165, 1.54) is 5.56 Å². The van der Waals surface area contributed by atoms with E-state index in [0.29, 0.717) is 24.6 Å². The smallest absolute Gasteiger partial charge is 0.267 e. The first kappa shape index (κ1) is 16.1. The number of aromatic amines is 1. The standard InChI is InChI=1S/C17H22N2O3S/c1-11(2)13-3-4-14-8-16(19-15(14)7-13)17(20)18-9-12-5-6-23(21,22)10-12/h3-4,7-8,11-12,19H,5-6,9-10H2,1-2H3,(H,18,20)/t12-/m1/s1. The van der Waals surface area contributed by atoms with Crippen molar-refractivity contribution < 1.29 is 13.2 Å². The maximum atomic E-state index is 12.3. The number of hydrogen-bond acceptors (Lipinski definition) is 3. The molecule has 1 aromatic heterocycles. The summed E-state index contributed by atoms with van der Waals surface area (Å²) in [5.74, 6) is 0.692. The van der Waals surface area contributed by atoms with Crippen LogP contribution in [0.1, 0.15) is 42.2 Å². The molecule has 6 heteroatoms. The Morgan fingerprint density at radius 2 is 2.13 bits per heavy atom. The first-order valence-corrected chi connectivity index (χ1v) is 9.77. The molecule has 0 unspecified atom stereocenters. The van der Waals surface area contributed by atoms with Gasteiger partial charge in [0.05, 0.1) is 11.5 Å². The molecule has 1 fully saturated rings. The van der Waals surface area contributed by atoms with Gasteiger partial charge in [0.1, 0.15) is 5.69 Å². The van der Waals surface area contributed by atoms with Crippen molar-refractivity contribution in [3.63, 3.8) is 0 Å². The van der Waals surface area contributed by atoms with Crippen LogP contribution in [-0.4, -0.2) is 37.4 Å². The molecule has 2 N–H and O–H groups in total. The van der Waals surface area contributed by atoms with Gasteiger partial charge >= 0.3 is 0 Å². The summed E-state index contributed by atoms with van der Waals surface area (Å²) in [5.41, 5.74) is 2.69. The first-order chi connectivity index (χ1) is 10.8. The highest BCUT2D eigenvalue weighted by Crippen LogP contribution is 2.22. The van der Waals surface area contributed by atoms with Crippen molar-refractivity contribution in [2.24, 2.45) is 5.92 Å². The molecule has 0 bridgehead atoms. The zero-order valence-corrected chi connectivity index (χ0v) is 14.2. The number of hydrogen-bond donors (Lipinski definition) is 2. The Morgan fingerprint density at radius 3 is 2.78 bits per heavy atom. The van der Waals surface area contributed by atoms with Gasteiger partial charge in [0.2, 0.25) is 0 Å². The summed E-state index contributed by atoms with van der Waals surface area (Å²) in [5, 5.41) is 3.85. The topological polar surface area (TPSA) is 79.0 Å². The highest BCUT2D eigenvalue weighted by atomic mass is 32.2. The van der Waals surface area contributed by atoms with Crippen molar-refractivity contribution in [2.45, 2.75) is 26.2 Å². The predicted molar refractivity (Wildman–Crippen MR) is 91.5 cm³/mol. The fraction of sp³-hybridized carbons (Fsp3) is 0.471. The summed E-state index contributed by atoms with van der Waals surface area (Å²) < 4.78 is 22.9. The fourth-order valence-electron chi connectivity index (χ4n) is 2.99. The second-order valence-corrected chi connectivity index (χ2v) is 8.89. The summed E-state index contributed by atoms with van der Waals surface area (Å²) in [4.78, 5) is 15.4. The number of carbonyl (C=O) groups is 1. The minimum atomic E-state index is -2.90. The molecular formula is C17H22N2O3S. The van der Waals surface area contributed by atoms with Crippen LogP contribution < -0.4 is 5.32 Å². The van der Waals surface area contributed by atoms with E-state index in [9.17, 15) is 13.2 Å². The molecule has 1 atom stereocenters. The third-order valence-corrected chi connectivity index (χ3v) is 6.27. The lowest BCUT2D eigenvalue weighted by atomic mass is 10.0. The second-order valence-electron chi connectivity index (χ2n) is 6.66. The summed E-state index contributed by atoms with van der Waals surface area (Å²) in [6, 6.07) is 7.99. The van der Waals surface area contributed by atoms with Crippen molar-refractivity contribution in [1.29, 1.82) is 0 Å². The van der Waals surface area contributed by atoms with Crippen LogP contribution in [0, 0.1) is 5.92 Å². The number of H-pyrrole nitrogens is 1. The molecule has 5 nitrogen and oxygen atoms in total. The third kappa shape index (κ3) is 3.58. The normalized spacial score (nSPS) is 20.2. The van der Waals surface area contributed by atoms with Gasteiger partial charge in [0.25, 0.3) is 5.91 Å². The van der Waals surface area contributed by atoms with Crippen LogP contribution in [0.2, 0.25) is 0 Å². The molecule has 2 heterocycles. The van der Waals surface area contributed by atoms with Crippen LogP contribution in [0.4, 0.5) is 0 Å². The van der Waals surface area contributed by atoms with E-state index in [1.54, 1.807) is 0 Å². The van der Waals surface area contributed by atoms with Crippen molar-refractivity contribution in [2.75, 3.05) is 18.1 Å². The highest BCUT2D eigenvalue weighted by molar-refractivity contribution is 7.91. The highest BCUT2D eigenvalue weighted by Gasteiger charge is 2.28. The molecule has 0 aliphatic carbocycles. The summed E-state index contributed by atoms with van der Waals surface area (Å²) in [6.07, 6.45) is 0.632. The Labute approximate surface area is 136 Å². The van der Waals surface area contributed by atoms with E-state index in [4.69, 9.17) is 0 Å². The van der Waals surface area contributed by atoms with Crippen LogP contribution in [-0.2, 0) is 9.84 Å². The lowest BCUT2D eigenvalue weighted by Gasteiger charge is -2.08. The van der Waals surface area contributed by atoms with Crippen LogP contribution in [0.3, 0.4) is 0 Å². The van der Waals surface area contributed by atoms with E-state index in [-0.39, 0.29) is 23.3 Å². The third-order valence-electron chi connectivity index (χ3n) is 4.44. The molecule has 1 aromatic carbocycles. The molecular weight excluding hydrogens is 312 g/mol. The molecule has 0 saturated carbocycles. The Balaban J connectivity index is 1.69. The number of rotatable bonds is 4. The molecule has 1 aliphatic rings. The number of amides is 1. The van der Waals surface area contributed by atoms with Crippen LogP contribution >= 0.6 is 0 Å². The summed E-state index contributed by atoms with van der Waals surface area (Å²) in [7, 11) is -2.90. The van der Waals surface area contributed by atoms with E-state index in [1.807, 2.05) is 12.1 Å². The minimum Gasteiger partial charge on any atom is -0.351 e. The largest absolute Gasteiger partial charge is 0.351 e. The number of sulfone groups is 1. The number of carbonyl (C=O) groups excluding carboxylic acids is 1. The monoisotopic (exact) mass is 334 g/mol. The zero-order chi connectivity index (χ0) is 16.6. The molecule has 23 heavy (non-hydrogen) atoms. The molecule has 2 aromatic rings. The van der Waals surface area contributed by atoms with Crippen molar-refractivity contribution in [3.05, 3.63) is 35.5 Å². The average molecular weight is 334 g/mol. The number of aromatic nitrogens is 1. The van der Waals surface area contributed by atoms with Gasteiger partial charge in [0.15, 0.2) is 9.84 Å². The van der Waals surface area contributed by atoms with E-state index in [0.717, 1.165) is 10.9 Å². The first-order valence-electron chi connectivity index (χ1n) is 7.95. The van der Waals surface area contributed by atoms with Gasteiger partial charge in [-0.1, -0.05) is 26.0 Å². The summed E-state index contributed by atoms with van der Waals surface area (Å²) in [6.45, 7) is 4.67. The van der Waals surface area contributed by atoms with E-state index < -0.39 is 9.84 Å². The molecule has 1 saturated heterocycles. The van der Waals surface area contributed by atoms with Crippen LogP contribution in [0.25, 0.3) is 10.9 Å².